The van der Waals surface area contributed by atoms with Crippen LogP contribution >= 0.6 is 0 Å². The van der Waals surface area contributed by atoms with E-state index >= 15 is 0 Å². The lowest BCUT2D eigenvalue weighted by molar-refractivity contribution is -0.138. The first-order valence-corrected chi connectivity index (χ1v) is 13.0. The van der Waals surface area contributed by atoms with Gasteiger partial charge in [-0.05, 0) is 85.5 Å². The number of carbonyl (C=O) groups excluding carboxylic acids is 1. The molecule has 2 heterocycles. The minimum atomic E-state index is -0.727. The third-order valence-electron chi connectivity index (χ3n) is 6.84. The molecule has 0 radical (unpaired) electrons. The molecule has 0 bridgehead atoms. The molecular formula is C29H29N5O6. The number of aromatic nitrogens is 3. The molecular weight excluding hydrogens is 514 g/mol. The first kappa shape index (κ1) is 26.7. The smallest absolute Gasteiger partial charge is 0.320 e. The fourth-order valence-corrected chi connectivity index (χ4v) is 4.74. The molecule has 1 aliphatic rings. The highest BCUT2D eigenvalue weighted by Gasteiger charge is 2.24. The number of pyridine rings is 1. The minimum Gasteiger partial charge on any atom is -0.497 e. The van der Waals surface area contributed by atoms with E-state index in [9.17, 15) is 9.59 Å². The van der Waals surface area contributed by atoms with Crippen LogP contribution in [0.3, 0.4) is 0 Å². The molecule has 1 saturated carbocycles. The number of carboxylic acid groups (broad SMARTS) is 1. The summed E-state index contributed by atoms with van der Waals surface area (Å²) in [5.74, 6) is 0.979. The highest BCUT2D eigenvalue weighted by molar-refractivity contribution is 6.00. The maximum absolute atomic E-state index is 12.6. The number of carboxylic acids is 1. The van der Waals surface area contributed by atoms with E-state index in [-0.39, 0.29) is 24.2 Å². The van der Waals surface area contributed by atoms with E-state index in [0.29, 0.717) is 28.9 Å². The number of rotatable bonds is 10. The molecule has 3 N–H and O–H groups in total. The van der Waals surface area contributed by atoms with Crippen molar-refractivity contribution in [1.29, 1.82) is 0 Å². The summed E-state index contributed by atoms with van der Waals surface area (Å²) in [5, 5.41) is 22.4. The molecule has 0 aliphatic heterocycles. The first-order valence-electron chi connectivity index (χ1n) is 13.0. The van der Waals surface area contributed by atoms with Gasteiger partial charge in [-0.15, -0.1) is 5.10 Å². The van der Waals surface area contributed by atoms with Gasteiger partial charge in [-0.3, -0.25) is 9.59 Å². The van der Waals surface area contributed by atoms with Gasteiger partial charge in [0.05, 0.1) is 19.0 Å². The molecule has 11 heteroatoms. The normalized spacial score (nSPS) is 16.6. The van der Waals surface area contributed by atoms with Crippen molar-refractivity contribution in [3.8, 4) is 17.4 Å². The van der Waals surface area contributed by atoms with E-state index in [1.165, 1.54) is 5.56 Å². The molecule has 0 saturated heterocycles. The van der Waals surface area contributed by atoms with Crippen LogP contribution < -0.4 is 20.1 Å². The second-order valence-electron chi connectivity index (χ2n) is 9.59. The predicted molar refractivity (Wildman–Crippen MR) is 146 cm³/mol. The van der Waals surface area contributed by atoms with E-state index in [1.807, 2.05) is 24.3 Å². The summed E-state index contributed by atoms with van der Waals surface area (Å²) in [5.41, 5.74) is 2.37. The molecule has 0 atom stereocenters. The standard InChI is InChI=1S/C29H29N5O6/c1-38-23-11-13-24(14-12-23)39-25-15-10-22(17-30-25)32-29-34-33-28(40-29)27(37)31-21-8-6-20(7-9-21)19-4-2-18(3-5-19)16-26(35)36/h6-15,17-19H,2-5,16H2,1H3,(H,31,37)(H,32,34)(H,35,36). The van der Waals surface area contributed by atoms with Crippen molar-refractivity contribution in [2.75, 3.05) is 17.7 Å². The second kappa shape index (κ2) is 12.3. The zero-order chi connectivity index (χ0) is 27.9. The quantitative estimate of drug-likeness (QED) is 0.217. The van der Waals surface area contributed by atoms with Gasteiger partial charge < -0.3 is 29.6 Å². The fraction of sp³-hybridized carbons (Fsp3) is 0.276. The number of amides is 1. The molecule has 206 valence electrons. The van der Waals surface area contributed by atoms with E-state index in [4.69, 9.17) is 19.0 Å². The van der Waals surface area contributed by atoms with E-state index in [2.05, 4.69) is 25.8 Å². The Labute approximate surface area is 230 Å². The summed E-state index contributed by atoms with van der Waals surface area (Å²) >= 11 is 0. The number of benzene rings is 2. The number of aliphatic carboxylic acids is 1. The maximum atomic E-state index is 12.6. The van der Waals surface area contributed by atoms with Gasteiger partial charge in [0.2, 0.25) is 5.88 Å². The number of ether oxygens (including phenoxy) is 2. The van der Waals surface area contributed by atoms with Gasteiger partial charge >= 0.3 is 23.8 Å². The molecule has 0 unspecified atom stereocenters. The molecule has 5 rings (SSSR count). The Bertz CT molecular complexity index is 1430. The SMILES string of the molecule is COc1ccc(Oc2ccc(Nc3nnc(C(=O)Nc4ccc(C5CCC(CC(=O)O)CC5)cc4)o3)cn2)cc1. The van der Waals surface area contributed by atoms with Crippen LogP contribution in [-0.4, -0.2) is 39.3 Å². The molecule has 0 spiro atoms. The van der Waals surface area contributed by atoms with E-state index in [1.54, 1.807) is 49.7 Å². The van der Waals surface area contributed by atoms with Gasteiger partial charge in [-0.1, -0.05) is 17.2 Å². The van der Waals surface area contributed by atoms with Crippen molar-refractivity contribution in [3.05, 3.63) is 78.3 Å². The van der Waals surface area contributed by atoms with Crippen molar-refractivity contribution in [1.82, 2.24) is 15.2 Å². The number of nitrogens with one attached hydrogen (secondary N) is 2. The van der Waals surface area contributed by atoms with E-state index in [0.717, 1.165) is 31.4 Å². The van der Waals surface area contributed by atoms with E-state index < -0.39 is 11.9 Å². The Hall–Kier alpha value is -4.93. The summed E-state index contributed by atoms with van der Waals surface area (Å²) < 4.78 is 16.3. The van der Waals surface area contributed by atoms with Gasteiger partial charge in [-0.25, -0.2) is 4.98 Å². The molecule has 11 nitrogen and oxygen atoms in total. The van der Waals surface area contributed by atoms with Crippen molar-refractivity contribution in [2.24, 2.45) is 5.92 Å². The van der Waals surface area contributed by atoms with Crippen LogP contribution in [0, 0.1) is 5.92 Å². The largest absolute Gasteiger partial charge is 0.497 e. The fourth-order valence-electron chi connectivity index (χ4n) is 4.74. The lowest BCUT2D eigenvalue weighted by atomic mass is 9.77. The Morgan fingerprint density at radius 1 is 0.925 bits per heavy atom. The first-order chi connectivity index (χ1) is 19.4. The highest BCUT2D eigenvalue weighted by Crippen LogP contribution is 2.37. The Balaban J connectivity index is 1.11. The van der Waals surface area contributed by atoms with Crippen LogP contribution in [0.4, 0.5) is 17.4 Å². The molecule has 1 fully saturated rings. The number of hydrogen-bond donors (Lipinski definition) is 3. The molecule has 4 aromatic rings. The van der Waals surface area contributed by atoms with Crippen molar-refractivity contribution >= 4 is 29.3 Å². The molecule has 40 heavy (non-hydrogen) atoms. The molecule has 2 aromatic heterocycles. The topological polar surface area (TPSA) is 149 Å². The van der Waals surface area contributed by atoms with Gasteiger partial charge in [0.15, 0.2) is 0 Å². The third-order valence-corrected chi connectivity index (χ3v) is 6.84. The Kier molecular flexibility index (Phi) is 8.19. The van der Waals surface area contributed by atoms with Gasteiger partial charge in [0, 0.05) is 18.2 Å². The predicted octanol–water partition coefficient (Wildman–Crippen LogP) is 6.01. The van der Waals surface area contributed by atoms with Gasteiger partial charge in [-0.2, -0.15) is 0 Å². The average Bonchev–Trinajstić information content (AvgIpc) is 3.44. The van der Waals surface area contributed by atoms with Crippen molar-refractivity contribution < 1.29 is 28.6 Å². The molecule has 1 amide bonds. The van der Waals surface area contributed by atoms with Crippen molar-refractivity contribution in [3.63, 3.8) is 0 Å². The van der Waals surface area contributed by atoms with Crippen LogP contribution in [0.1, 0.15) is 54.3 Å². The van der Waals surface area contributed by atoms with Gasteiger partial charge in [0.25, 0.3) is 0 Å². The maximum Gasteiger partial charge on any atom is 0.320 e. The number of anilines is 3. The lowest BCUT2D eigenvalue weighted by Gasteiger charge is -2.28. The second-order valence-corrected chi connectivity index (χ2v) is 9.59. The molecule has 1 aliphatic carbocycles. The van der Waals surface area contributed by atoms with Crippen LogP contribution in [-0.2, 0) is 4.79 Å². The number of methoxy groups -OCH3 is 1. The lowest BCUT2D eigenvalue weighted by Crippen LogP contribution is -2.16. The summed E-state index contributed by atoms with van der Waals surface area (Å²) in [6.45, 7) is 0. The summed E-state index contributed by atoms with van der Waals surface area (Å²) in [6.07, 6.45) is 5.56. The summed E-state index contributed by atoms with van der Waals surface area (Å²) in [7, 11) is 1.60. The zero-order valence-corrected chi connectivity index (χ0v) is 21.9. The molecule has 2 aromatic carbocycles. The van der Waals surface area contributed by atoms with Crippen LogP contribution in [0.2, 0.25) is 0 Å². The van der Waals surface area contributed by atoms with Crippen LogP contribution in [0.5, 0.6) is 17.4 Å². The highest BCUT2D eigenvalue weighted by atomic mass is 16.5. The average molecular weight is 544 g/mol. The number of nitrogens with zero attached hydrogens (tertiary/aromatic N) is 3. The minimum absolute atomic E-state index is 0.0459. The monoisotopic (exact) mass is 543 g/mol. The number of hydrogen-bond acceptors (Lipinski definition) is 9. The summed E-state index contributed by atoms with van der Waals surface area (Å²) in [4.78, 5) is 27.8. The summed E-state index contributed by atoms with van der Waals surface area (Å²) in [6, 6.07) is 18.3. The van der Waals surface area contributed by atoms with Crippen molar-refractivity contribution in [2.45, 2.75) is 38.0 Å². The Morgan fingerprint density at radius 3 is 2.27 bits per heavy atom. The Morgan fingerprint density at radius 2 is 1.62 bits per heavy atom. The van der Waals surface area contributed by atoms with Crippen LogP contribution in [0.15, 0.2) is 71.3 Å². The van der Waals surface area contributed by atoms with Gasteiger partial charge in [0.1, 0.15) is 11.5 Å². The third kappa shape index (κ3) is 6.93. The van der Waals surface area contributed by atoms with Crippen LogP contribution in [0.25, 0.3) is 0 Å². The number of carbonyl (C=O) groups is 2. The zero-order valence-electron chi connectivity index (χ0n) is 21.9.